The monoisotopic (exact) mass is 591 g/mol. The summed E-state index contributed by atoms with van der Waals surface area (Å²) in [4.78, 5) is 25.2. The summed E-state index contributed by atoms with van der Waals surface area (Å²) in [6.45, 7) is 0. The molecule has 1 heterocycles. The number of anilines is 1. The summed E-state index contributed by atoms with van der Waals surface area (Å²) in [5.41, 5.74) is 2.36. The highest BCUT2D eigenvalue weighted by molar-refractivity contribution is 7.99. The van der Waals surface area contributed by atoms with Crippen LogP contribution in [0.25, 0.3) is 17.5 Å². The van der Waals surface area contributed by atoms with Crippen molar-refractivity contribution in [2.75, 3.05) is 46.6 Å². The zero-order valence-electron chi connectivity index (χ0n) is 23.6. The number of allylic oxidation sites excluding steroid dienone is 1. The van der Waals surface area contributed by atoms with Crippen molar-refractivity contribution in [2.24, 2.45) is 0 Å². The van der Waals surface area contributed by atoms with Crippen molar-refractivity contribution in [2.45, 2.75) is 5.22 Å². The van der Waals surface area contributed by atoms with Crippen molar-refractivity contribution in [3.8, 4) is 40.2 Å². The first-order chi connectivity index (χ1) is 20.4. The average molecular weight is 592 g/mol. The Morgan fingerprint density at radius 2 is 1.48 bits per heavy atom. The minimum Gasteiger partial charge on any atom is -0.493 e. The lowest BCUT2D eigenvalue weighted by molar-refractivity contribution is -0.113. The number of hydrogen-bond acceptors (Lipinski definition) is 11. The maximum atomic E-state index is 12.7. The van der Waals surface area contributed by atoms with Gasteiger partial charge in [-0.2, -0.15) is 0 Å². The van der Waals surface area contributed by atoms with E-state index in [9.17, 15) is 9.59 Å². The van der Waals surface area contributed by atoms with Gasteiger partial charge in [0.05, 0.1) is 41.3 Å². The fourth-order valence-electron chi connectivity index (χ4n) is 3.86. The SMILES string of the molecule is COc1ccc(-c2nnc(SCC(=O)Nc3ccc(C(=O)/C=C/c4cc(OC)c(OC)c(OC)c4)cc3)o2)cc1OC. The predicted octanol–water partition coefficient (Wildman–Crippen LogP) is 5.41. The van der Waals surface area contributed by atoms with E-state index < -0.39 is 0 Å². The number of amides is 1. The molecule has 4 aromatic rings. The molecule has 11 nitrogen and oxygen atoms in total. The standard InChI is InChI=1S/C30H29N3O8S/c1-36-23-13-9-20(16-24(23)37-2)29-32-33-30(41-29)42-17-27(35)31-21-10-7-19(8-11-21)22(34)12-6-18-14-25(38-3)28(40-5)26(15-18)39-4/h6-16H,17H2,1-5H3,(H,31,35)/b12-6+. The van der Waals surface area contributed by atoms with Crippen LogP contribution in [0.4, 0.5) is 5.69 Å². The number of carbonyl (C=O) groups is 2. The van der Waals surface area contributed by atoms with Crippen LogP contribution in [-0.4, -0.2) is 63.2 Å². The van der Waals surface area contributed by atoms with E-state index in [-0.39, 0.29) is 22.7 Å². The maximum Gasteiger partial charge on any atom is 0.277 e. The van der Waals surface area contributed by atoms with Crippen LogP contribution in [0, 0.1) is 0 Å². The predicted molar refractivity (Wildman–Crippen MR) is 158 cm³/mol. The third kappa shape index (κ3) is 7.21. The molecule has 0 aliphatic heterocycles. The molecule has 0 aliphatic carbocycles. The number of benzene rings is 3. The highest BCUT2D eigenvalue weighted by Crippen LogP contribution is 2.38. The van der Waals surface area contributed by atoms with Crippen molar-refractivity contribution in [3.05, 3.63) is 71.8 Å². The fraction of sp³-hybridized carbons (Fsp3) is 0.200. The topological polar surface area (TPSA) is 131 Å². The van der Waals surface area contributed by atoms with Crippen molar-refractivity contribution in [1.29, 1.82) is 0 Å². The van der Waals surface area contributed by atoms with Gasteiger partial charge in [-0.1, -0.05) is 17.8 Å². The summed E-state index contributed by atoms with van der Waals surface area (Å²) in [6.07, 6.45) is 3.11. The van der Waals surface area contributed by atoms with Crippen LogP contribution in [0.1, 0.15) is 15.9 Å². The Morgan fingerprint density at radius 3 is 2.10 bits per heavy atom. The smallest absolute Gasteiger partial charge is 0.277 e. The van der Waals surface area contributed by atoms with Crippen LogP contribution in [0.5, 0.6) is 28.7 Å². The minimum atomic E-state index is -0.271. The lowest BCUT2D eigenvalue weighted by Gasteiger charge is -2.12. The van der Waals surface area contributed by atoms with Crippen LogP contribution < -0.4 is 29.0 Å². The average Bonchev–Trinajstić information content (AvgIpc) is 3.51. The quantitative estimate of drug-likeness (QED) is 0.122. The van der Waals surface area contributed by atoms with Gasteiger partial charge in [0.2, 0.25) is 17.5 Å². The highest BCUT2D eigenvalue weighted by atomic mass is 32.2. The summed E-state index contributed by atoms with van der Waals surface area (Å²) in [5.74, 6) is 2.41. The van der Waals surface area contributed by atoms with E-state index in [4.69, 9.17) is 28.1 Å². The summed E-state index contributed by atoms with van der Waals surface area (Å²) in [7, 11) is 7.67. The lowest BCUT2D eigenvalue weighted by atomic mass is 10.1. The van der Waals surface area contributed by atoms with Gasteiger partial charge >= 0.3 is 0 Å². The van der Waals surface area contributed by atoms with Gasteiger partial charge in [-0.3, -0.25) is 9.59 Å². The Kier molecular flexibility index (Phi) is 10.1. The van der Waals surface area contributed by atoms with E-state index in [0.29, 0.717) is 57.0 Å². The molecule has 0 spiro atoms. The van der Waals surface area contributed by atoms with Gasteiger partial charge in [0.25, 0.3) is 5.22 Å². The number of nitrogens with one attached hydrogen (secondary N) is 1. The number of thioether (sulfide) groups is 1. The molecular formula is C30H29N3O8S. The molecule has 0 fully saturated rings. The molecule has 218 valence electrons. The number of ketones is 1. The summed E-state index contributed by atoms with van der Waals surface area (Å²) >= 11 is 1.10. The number of methoxy groups -OCH3 is 5. The first kappa shape index (κ1) is 30.0. The van der Waals surface area contributed by atoms with Gasteiger partial charge in [-0.05, 0) is 66.2 Å². The highest BCUT2D eigenvalue weighted by Gasteiger charge is 2.15. The summed E-state index contributed by atoms with van der Waals surface area (Å²) in [5, 5.41) is 11.1. The fourth-order valence-corrected chi connectivity index (χ4v) is 4.43. The van der Waals surface area contributed by atoms with Crippen LogP contribution in [-0.2, 0) is 4.79 Å². The second-order valence-corrected chi connectivity index (χ2v) is 9.44. The van der Waals surface area contributed by atoms with Gasteiger partial charge in [-0.25, -0.2) is 0 Å². The van der Waals surface area contributed by atoms with Gasteiger partial charge in [-0.15, -0.1) is 10.2 Å². The van der Waals surface area contributed by atoms with Crippen molar-refractivity contribution >= 4 is 35.2 Å². The van der Waals surface area contributed by atoms with E-state index in [0.717, 1.165) is 11.8 Å². The second kappa shape index (κ2) is 14.1. The number of hydrogen-bond donors (Lipinski definition) is 1. The van der Waals surface area contributed by atoms with Crippen molar-refractivity contribution < 1.29 is 37.7 Å². The van der Waals surface area contributed by atoms with Crippen molar-refractivity contribution in [3.63, 3.8) is 0 Å². The molecule has 0 saturated heterocycles. The maximum absolute atomic E-state index is 12.7. The van der Waals surface area contributed by atoms with Crippen LogP contribution >= 0.6 is 11.8 Å². The number of ether oxygens (including phenoxy) is 5. The first-order valence-electron chi connectivity index (χ1n) is 12.5. The summed E-state index contributed by atoms with van der Waals surface area (Å²) in [6, 6.07) is 15.3. The molecule has 4 rings (SSSR count). The lowest BCUT2D eigenvalue weighted by Crippen LogP contribution is -2.14. The van der Waals surface area contributed by atoms with Gasteiger partial charge < -0.3 is 33.4 Å². The molecule has 0 unspecified atom stereocenters. The molecule has 0 saturated carbocycles. The molecule has 0 atom stereocenters. The molecule has 12 heteroatoms. The Hall–Kier alpha value is -4.97. The third-order valence-electron chi connectivity index (χ3n) is 5.93. The Balaban J connectivity index is 1.32. The molecular weight excluding hydrogens is 562 g/mol. The number of carbonyl (C=O) groups excluding carboxylic acids is 2. The second-order valence-electron chi connectivity index (χ2n) is 8.51. The Labute approximate surface area is 246 Å². The largest absolute Gasteiger partial charge is 0.493 e. The van der Waals surface area contributed by atoms with Crippen LogP contribution in [0.3, 0.4) is 0 Å². The molecule has 1 aromatic heterocycles. The van der Waals surface area contributed by atoms with E-state index in [1.165, 1.54) is 34.5 Å². The first-order valence-corrected chi connectivity index (χ1v) is 13.5. The normalized spacial score (nSPS) is 10.8. The van der Waals surface area contributed by atoms with E-state index >= 15 is 0 Å². The summed E-state index contributed by atoms with van der Waals surface area (Å²) < 4.78 is 32.3. The van der Waals surface area contributed by atoms with Gasteiger partial charge in [0, 0.05) is 16.8 Å². The van der Waals surface area contributed by atoms with Crippen molar-refractivity contribution in [1.82, 2.24) is 10.2 Å². The van der Waals surface area contributed by atoms with E-state index in [2.05, 4.69) is 15.5 Å². The van der Waals surface area contributed by atoms with Gasteiger partial charge in [0.1, 0.15) is 0 Å². The third-order valence-corrected chi connectivity index (χ3v) is 6.75. The Bertz CT molecular complexity index is 1560. The zero-order valence-corrected chi connectivity index (χ0v) is 24.4. The van der Waals surface area contributed by atoms with E-state index in [1.54, 1.807) is 67.8 Å². The molecule has 0 bridgehead atoms. The number of nitrogens with zero attached hydrogens (tertiary/aromatic N) is 2. The molecule has 0 radical (unpaired) electrons. The number of rotatable bonds is 13. The Morgan fingerprint density at radius 1 is 0.810 bits per heavy atom. The van der Waals surface area contributed by atoms with Gasteiger partial charge in [0.15, 0.2) is 28.8 Å². The zero-order chi connectivity index (χ0) is 30.1. The number of aromatic nitrogens is 2. The molecule has 1 N–H and O–H groups in total. The molecule has 42 heavy (non-hydrogen) atoms. The molecule has 3 aromatic carbocycles. The van der Waals surface area contributed by atoms with E-state index in [1.807, 2.05) is 0 Å². The molecule has 0 aliphatic rings. The van der Waals surface area contributed by atoms with Crippen LogP contribution in [0.2, 0.25) is 0 Å². The minimum absolute atomic E-state index is 0.0474. The van der Waals surface area contributed by atoms with Crippen LogP contribution in [0.15, 0.2) is 70.3 Å². The molecule has 1 amide bonds.